The molecule has 0 aromatic carbocycles. The zero-order valence-corrected chi connectivity index (χ0v) is 17.1. The molecule has 1 N–H and O–H groups in total. The van der Waals surface area contributed by atoms with Crippen LogP contribution in [-0.2, 0) is 4.74 Å². The molecule has 5 nitrogen and oxygen atoms in total. The summed E-state index contributed by atoms with van der Waals surface area (Å²) in [6, 6.07) is -1.40. The lowest BCUT2D eigenvalue weighted by molar-refractivity contribution is -0.181. The van der Waals surface area contributed by atoms with Crippen molar-refractivity contribution in [1.29, 1.82) is 0 Å². The number of unbranched alkanes of at least 4 members (excludes halogenated alkanes) is 1. The Bertz CT molecular complexity index is 361. The fraction of sp³-hybridized carbons (Fsp3) is 0.933. The van der Waals surface area contributed by atoms with E-state index in [0.717, 1.165) is 25.4 Å². The van der Waals surface area contributed by atoms with Crippen molar-refractivity contribution < 1.29 is 17.9 Å². The van der Waals surface area contributed by atoms with Crippen molar-refractivity contribution >= 4 is 29.9 Å². The average molecular weight is 466 g/mol. The van der Waals surface area contributed by atoms with Crippen LogP contribution < -0.4 is 5.32 Å². The van der Waals surface area contributed by atoms with Crippen molar-refractivity contribution in [1.82, 2.24) is 15.1 Å². The molecule has 0 aromatic heterocycles. The van der Waals surface area contributed by atoms with Gasteiger partial charge in [0.25, 0.3) is 0 Å². The molecule has 1 atom stereocenters. The number of halogens is 4. The molecule has 0 radical (unpaired) electrons. The Morgan fingerprint density at radius 3 is 2.33 bits per heavy atom. The van der Waals surface area contributed by atoms with Crippen molar-refractivity contribution in [2.24, 2.45) is 4.99 Å². The monoisotopic (exact) mass is 466 g/mol. The summed E-state index contributed by atoms with van der Waals surface area (Å²) in [6.45, 7) is 7.18. The lowest BCUT2D eigenvalue weighted by Crippen LogP contribution is -2.57. The van der Waals surface area contributed by atoms with Crippen molar-refractivity contribution in [3.05, 3.63) is 0 Å². The lowest BCUT2D eigenvalue weighted by atomic mass is 10.2. The number of rotatable bonds is 7. The summed E-state index contributed by atoms with van der Waals surface area (Å²) in [7, 11) is 1.69. The van der Waals surface area contributed by atoms with E-state index in [-0.39, 0.29) is 24.0 Å². The molecule has 1 heterocycles. The third-order valence-corrected chi connectivity index (χ3v) is 4.02. The summed E-state index contributed by atoms with van der Waals surface area (Å²) >= 11 is 0. The second-order valence-corrected chi connectivity index (χ2v) is 5.68. The lowest BCUT2D eigenvalue weighted by Gasteiger charge is -2.39. The molecule has 0 amide bonds. The number of hydrogen-bond donors (Lipinski definition) is 1. The van der Waals surface area contributed by atoms with Gasteiger partial charge in [-0.15, -0.1) is 24.0 Å². The van der Waals surface area contributed by atoms with Crippen molar-refractivity contribution in [2.75, 3.05) is 53.0 Å². The molecule has 0 bridgehead atoms. The molecular formula is C15H30F3IN4O. The van der Waals surface area contributed by atoms with Gasteiger partial charge in [-0.3, -0.25) is 9.89 Å². The molecule has 0 spiro atoms. The van der Waals surface area contributed by atoms with Gasteiger partial charge in [0.2, 0.25) is 0 Å². The highest BCUT2D eigenvalue weighted by atomic mass is 127. The third kappa shape index (κ3) is 8.19. The third-order valence-electron chi connectivity index (χ3n) is 4.02. The second-order valence-electron chi connectivity index (χ2n) is 5.68. The predicted octanol–water partition coefficient (Wildman–Crippen LogP) is 2.56. The van der Waals surface area contributed by atoms with Gasteiger partial charge in [0.15, 0.2) is 5.96 Å². The SMILES string of the molecule is CCCCOCCNC(=NC)N1CCN(C(C)C(F)(F)F)CC1.I. The zero-order chi connectivity index (χ0) is 17.3. The van der Waals surface area contributed by atoms with Gasteiger partial charge in [-0.1, -0.05) is 13.3 Å². The zero-order valence-electron chi connectivity index (χ0n) is 14.7. The van der Waals surface area contributed by atoms with E-state index in [0.29, 0.717) is 39.3 Å². The highest BCUT2D eigenvalue weighted by Gasteiger charge is 2.40. The number of piperazine rings is 1. The molecule has 0 aliphatic carbocycles. The molecule has 1 fully saturated rings. The molecular weight excluding hydrogens is 436 g/mol. The van der Waals surface area contributed by atoms with Gasteiger partial charge >= 0.3 is 6.18 Å². The minimum absolute atomic E-state index is 0. The van der Waals surface area contributed by atoms with E-state index in [1.165, 1.54) is 11.8 Å². The summed E-state index contributed by atoms with van der Waals surface area (Å²) in [5, 5.41) is 3.20. The molecule has 1 aliphatic rings. The quantitative estimate of drug-likeness (QED) is 0.271. The number of hydrogen-bond acceptors (Lipinski definition) is 3. The molecule has 1 unspecified atom stereocenters. The van der Waals surface area contributed by atoms with Gasteiger partial charge in [-0.25, -0.2) is 0 Å². The van der Waals surface area contributed by atoms with E-state index in [1.807, 2.05) is 4.90 Å². The topological polar surface area (TPSA) is 40.1 Å². The van der Waals surface area contributed by atoms with Gasteiger partial charge in [0.05, 0.1) is 6.61 Å². The number of alkyl halides is 3. The van der Waals surface area contributed by atoms with Gasteiger partial charge in [0, 0.05) is 46.4 Å². The van der Waals surface area contributed by atoms with Crippen molar-refractivity contribution in [3.8, 4) is 0 Å². The highest BCUT2D eigenvalue weighted by Crippen LogP contribution is 2.25. The Hall–Kier alpha value is -0.290. The molecule has 1 aliphatic heterocycles. The Labute approximate surface area is 160 Å². The average Bonchev–Trinajstić information content (AvgIpc) is 2.53. The maximum absolute atomic E-state index is 12.7. The van der Waals surface area contributed by atoms with Crippen molar-refractivity contribution in [2.45, 2.75) is 38.9 Å². The van der Waals surface area contributed by atoms with E-state index >= 15 is 0 Å². The highest BCUT2D eigenvalue weighted by molar-refractivity contribution is 14.0. The van der Waals surface area contributed by atoms with Gasteiger partial charge in [-0.2, -0.15) is 13.2 Å². The molecule has 9 heteroatoms. The van der Waals surface area contributed by atoms with Crippen LogP contribution in [-0.4, -0.2) is 81.0 Å². The molecule has 1 rings (SSSR count). The smallest absolute Gasteiger partial charge is 0.380 e. The first-order valence-corrected chi connectivity index (χ1v) is 8.24. The first-order chi connectivity index (χ1) is 10.9. The second kappa shape index (κ2) is 12.1. The van der Waals surface area contributed by atoms with Crippen LogP contribution in [0.3, 0.4) is 0 Å². The van der Waals surface area contributed by atoms with Crippen LogP contribution in [0, 0.1) is 0 Å². The van der Waals surface area contributed by atoms with E-state index in [1.54, 1.807) is 7.05 Å². The molecule has 1 saturated heterocycles. The minimum atomic E-state index is -4.17. The first kappa shape index (κ1) is 23.7. The van der Waals surface area contributed by atoms with Crippen LogP contribution >= 0.6 is 24.0 Å². The maximum atomic E-state index is 12.7. The molecule has 0 saturated carbocycles. The Morgan fingerprint density at radius 1 is 1.21 bits per heavy atom. The minimum Gasteiger partial charge on any atom is -0.380 e. The van der Waals surface area contributed by atoms with Crippen LogP contribution in [0.1, 0.15) is 26.7 Å². The predicted molar refractivity (Wildman–Crippen MR) is 101 cm³/mol. The van der Waals surface area contributed by atoms with Crippen LogP contribution in [0.2, 0.25) is 0 Å². The maximum Gasteiger partial charge on any atom is 0.403 e. The normalized spacial score (nSPS) is 18.2. The van der Waals surface area contributed by atoms with Gasteiger partial charge in [-0.05, 0) is 13.3 Å². The summed E-state index contributed by atoms with van der Waals surface area (Å²) in [4.78, 5) is 7.66. The number of aliphatic imine (C=N–C) groups is 1. The van der Waals surface area contributed by atoms with E-state index in [4.69, 9.17) is 4.74 Å². The first-order valence-electron chi connectivity index (χ1n) is 8.24. The van der Waals surface area contributed by atoms with Crippen molar-refractivity contribution in [3.63, 3.8) is 0 Å². The Morgan fingerprint density at radius 2 is 1.83 bits per heavy atom. The van der Waals surface area contributed by atoms with Crippen LogP contribution in [0.5, 0.6) is 0 Å². The Kier molecular flexibility index (Phi) is 12.0. The number of nitrogens with one attached hydrogen (secondary N) is 1. The van der Waals surface area contributed by atoms with Crippen LogP contribution in [0.15, 0.2) is 4.99 Å². The largest absolute Gasteiger partial charge is 0.403 e. The van der Waals surface area contributed by atoms with Crippen LogP contribution in [0.25, 0.3) is 0 Å². The number of guanidine groups is 1. The summed E-state index contributed by atoms with van der Waals surface area (Å²) in [5.74, 6) is 0.725. The Balaban J connectivity index is 0.00000529. The number of nitrogens with zero attached hydrogens (tertiary/aromatic N) is 3. The fourth-order valence-corrected chi connectivity index (χ4v) is 2.44. The van der Waals surface area contributed by atoms with E-state index in [2.05, 4.69) is 17.2 Å². The molecule has 24 heavy (non-hydrogen) atoms. The molecule has 144 valence electrons. The summed E-state index contributed by atoms with van der Waals surface area (Å²) in [5.41, 5.74) is 0. The standard InChI is InChI=1S/C15H29F3N4O.HI/c1-4-5-11-23-12-6-20-14(19-3)22-9-7-21(8-10-22)13(2)15(16,17)18;/h13H,4-12H2,1-3H3,(H,19,20);1H. The fourth-order valence-electron chi connectivity index (χ4n) is 2.44. The van der Waals surface area contributed by atoms with E-state index in [9.17, 15) is 13.2 Å². The molecule has 0 aromatic rings. The van der Waals surface area contributed by atoms with Gasteiger partial charge in [0.1, 0.15) is 6.04 Å². The number of ether oxygens (including phenoxy) is 1. The summed E-state index contributed by atoms with van der Waals surface area (Å²) in [6.07, 6.45) is -2.01. The van der Waals surface area contributed by atoms with Gasteiger partial charge < -0.3 is 15.0 Å². The van der Waals surface area contributed by atoms with Crippen LogP contribution in [0.4, 0.5) is 13.2 Å². The van der Waals surface area contributed by atoms with E-state index < -0.39 is 12.2 Å². The summed E-state index contributed by atoms with van der Waals surface area (Å²) < 4.78 is 43.7.